The molecule has 0 amide bonds. The number of carbonyl (C=O) groups is 3. The smallest absolute Gasteiger partial charge is 0.198 e. The van der Waals surface area contributed by atoms with Gasteiger partial charge in [-0.25, -0.2) is 0 Å². The van der Waals surface area contributed by atoms with E-state index in [0.29, 0.717) is 16.0 Å². The van der Waals surface area contributed by atoms with Crippen LogP contribution in [0.15, 0.2) is 77.7 Å². The molecule has 2 aromatic carbocycles. The Balaban J connectivity index is 1.99. The third-order valence-electron chi connectivity index (χ3n) is 4.15. The molecule has 120 valence electrons. The monoisotopic (exact) mass is 344 g/mol. The van der Waals surface area contributed by atoms with Gasteiger partial charge >= 0.3 is 0 Å². The Morgan fingerprint density at radius 1 is 0.720 bits per heavy atom. The second kappa shape index (κ2) is 6.07. The average molecular weight is 344 g/mol. The van der Waals surface area contributed by atoms with Gasteiger partial charge in [0.15, 0.2) is 17.3 Å². The average Bonchev–Trinajstić information content (AvgIpc) is 3.19. The fourth-order valence-corrected chi connectivity index (χ4v) is 3.76. The molecule has 0 unspecified atom stereocenters. The molecule has 0 atom stereocenters. The van der Waals surface area contributed by atoms with Gasteiger partial charge < -0.3 is 0 Å². The molecule has 3 nitrogen and oxygen atoms in total. The molecule has 0 fully saturated rings. The molecule has 0 saturated carbocycles. The number of carbonyl (C=O) groups excluding carboxylic acids is 3. The van der Waals surface area contributed by atoms with Crippen LogP contribution in [0.1, 0.15) is 36.0 Å². The molecule has 4 heteroatoms. The Morgan fingerprint density at radius 3 is 2.00 bits per heavy atom. The van der Waals surface area contributed by atoms with Gasteiger partial charge in [-0.15, -0.1) is 11.3 Å². The predicted octanol–water partition coefficient (Wildman–Crippen LogP) is 4.46. The third kappa shape index (κ3) is 2.47. The molecular weight excluding hydrogens is 332 g/mol. The summed E-state index contributed by atoms with van der Waals surface area (Å²) in [6.07, 6.45) is 0. The highest BCUT2D eigenvalue weighted by Crippen LogP contribution is 2.35. The second-order valence-corrected chi connectivity index (χ2v) is 6.57. The number of allylic oxidation sites excluding steroid dienone is 2. The summed E-state index contributed by atoms with van der Waals surface area (Å²) < 4.78 is 0. The van der Waals surface area contributed by atoms with E-state index in [2.05, 4.69) is 0 Å². The van der Waals surface area contributed by atoms with Crippen molar-refractivity contribution in [2.75, 3.05) is 0 Å². The van der Waals surface area contributed by atoms with Crippen molar-refractivity contribution in [3.05, 3.63) is 99.3 Å². The van der Waals surface area contributed by atoms with Crippen LogP contribution in [0.25, 0.3) is 5.57 Å². The minimum atomic E-state index is -0.420. The van der Waals surface area contributed by atoms with Crippen molar-refractivity contribution >= 4 is 34.3 Å². The van der Waals surface area contributed by atoms with E-state index in [-0.39, 0.29) is 22.5 Å². The van der Waals surface area contributed by atoms with Gasteiger partial charge in [-0.1, -0.05) is 60.7 Å². The number of fused-ring (bicyclic) bond motifs is 1. The van der Waals surface area contributed by atoms with Gasteiger partial charge in [-0.2, -0.15) is 0 Å². The highest BCUT2D eigenvalue weighted by Gasteiger charge is 2.36. The molecule has 1 heterocycles. The van der Waals surface area contributed by atoms with Crippen LogP contribution in [0.5, 0.6) is 0 Å². The number of hydrogen-bond donors (Lipinski definition) is 0. The SMILES string of the molecule is O=C(C1=C(c2cccs2)C(=O)c2ccccc2C1=O)c1ccccc1. The van der Waals surface area contributed by atoms with Crippen LogP contribution in [0.4, 0.5) is 0 Å². The normalized spacial score (nSPS) is 13.8. The molecule has 1 aromatic heterocycles. The third-order valence-corrected chi connectivity index (χ3v) is 5.04. The fraction of sp³-hybridized carbons (Fsp3) is 0. The Labute approximate surface area is 148 Å². The first kappa shape index (κ1) is 15.4. The van der Waals surface area contributed by atoms with E-state index < -0.39 is 11.6 Å². The lowest BCUT2D eigenvalue weighted by Gasteiger charge is -2.19. The summed E-state index contributed by atoms with van der Waals surface area (Å²) in [6, 6.07) is 18.8. The van der Waals surface area contributed by atoms with Gasteiger partial charge in [0.2, 0.25) is 0 Å². The quantitative estimate of drug-likeness (QED) is 0.520. The molecule has 0 radical (unpaired) electrons. The lowest BCUT2D eigenvalue weighted by Crippen LogP contribution is -2.25. The molecule has 0 bridgehead atoms. The minimum Gasteiger partial charge on any atom is -0.289 e. The molecule has 0 aliphatic heterocycles. The molecular formula is C21H12O3S. The van der Waals surface area contributed by atoms with Crippen LogP contribution < -0.4 is 0 Å². The van der Waals surface area contributed by atoms with Crippen LogP contribution in [-0.4, -0.2) is 17.3 Å². The number of thiophene rings is 1. The Morgan fingerprint density at radius 2 is 1.36 bits per heavy atom. The van der Waals surface area contributed by atoms with Crippen molar-refractivity contribution in [1.82, 2.24) is 0 Å². The molecule has 25 heavy (non-hydrogen) atoms. The van der Waals surface area contributed by atoms with E-state index in [1.807, 2.05) is 5.38 Å². The molecule has 0 N–H and O–H groups in total. The molecule has 3 aromatic rings. The highest BCUT2D eigenvalue weighted by molar-refractivity contribution is 7.11. The van der Waals surface area contributed by atoms with Gasteiger partial charge in [-0.3, -0.25) is 14.4 Å². The first-order chi connectivity index (χ1) is 12.2. The van der Waals surface area contributed by atoms with Crippen LogP contribution in [-0.2, 0) is 0 Å². The van der Waals surface area contributed by atoms with Crippen molar-refractivity contribution in [3.8, 4) is 0 Å². The van der Waals surface area contributed by atoms with Gasteiger partial charge in [-0.05, 0) is 11.4 Å². The maximum absolute atomic E-state index is 13.1. The van der Waals surface area contributed by atoms with Gasteiger partial charge in [0.1, 0.15) is 0 Å². The van der Waals surface area contributed by atoms with Gasteiger partial charge in [0.05, 0.1) is 11.1 Å². The highest BCUT2D eigenvalue weighted by atomic mass is 32.1. The largest absolute Gasteiger partial charge is 0.289 e. The summed E-state index contributed by atoms with van der Waals surface area (Å²) in [6.45, 7) is 0. The van der Waals surface area contributed by atoms with Crippen molar-refractivity contribution in [3.63, 3.8) is 0 Å². The second-order valence-electron chi connectivity index (χ2n) is 5.63. The zero-order valence-electron chi connectivity index (χ0n) is 13.1. The van der Waals surface area contributed by atoms with E-state index in [0.717, 1.165) is 0 Å². The van der Waals surface area contributed by atoms with E-state index in [1.54, 1.807) is 66.7 Å². The summed E-state index contributed by atoms with van der Waals surface area (Å²) in [5.74, 6) is -1.10. The zero-order chi connectivity index (χ0) is 17.4. The number of rotatable bonds is 3. The first-order valence-corrected chi connectivity index (χ1v) is 8.63. The zero-order valence-corrected chi connectivity index (χ0v) is 13.9. The Hall–Kier alpha value is -3.11. The first-order valence-electron chi connectivity index (χ1n) is 7.75. The number of hydrogen-bond acceptors (Lipinski definition) is 4. The van der Waals surface area contributed by atoms with Crippen LogP contribution in [0, 0.1) is 0 Å². The van der Waals surface area contributed by atoms with Crippen molar-refractivity contribution in [2.45, 2.75) is 0 Å². The minimum absolute atomic E-state index is 0.0441. The summed E-state index contributed by atoms with van der Waals surface area (Å²) in [7, 11) is 0. The maximum Gasteiger partial charge on any atom is 0.198 e. The molecule has 1 aliphatic rings. The van der Waals surface area contributed by atoms with E-state index in [9.17, 15) is 14.4 Å². The molecule has 0 spiro atoms. The summed E-state index contributed by atoms with van der Waals surface area (Å²) >= 11 is 1.34. The topological polar surface area (TPSA) is 51.2 Å². The van der Waals surface area contributed by atoms with Crippen molar-refractivity contribution < 1.29 is 14.4 Å². The fourth-order valence-electron chi connectivity index (χ4n) is 2.98. The van der Waals surface area contributed by atoms with Crippen LogP contribution in [0.2, 0.25) is 0 Å². The predicted molar refractivity (Wildman–Crippen MR) is 97.1 cm³/mol. The molecule has 4 rings (SSSR count). The van der Waals surface area contributed by atoms with Crippen molar-refractivity contribution in [1.29, 1.82) is 0 Å². The van der Waals surface area contributed by atoms with Crippen LogP contribution >= 0.6 is 11.3 Å². The lowest BCUT2D eigenvalue weighted by molar-refractivity contribution is 0.0940. The summed E-state index contributed by atoms with van der Waals surface area (Å²) in [4.78, 5) is 39.8. The molecule has 0 saturated heterocycles. The lowest BCUT2D eigenvalue weighted by atomic mass is 9.80. The maximum atomic E-state index is 13.1. The van der Waals surface area contributed by atoms with Crippen molar-refractivity contribution in [2.24, 2.45) is 0 Å². The van der Waals surface area contributed by atoms with Crippen LogP contribution in [0.3, 0.4) is 0 Å². The molecule has 1 aliphatic carbocycles. The number of Topliss-reactive ketones (excluding diaryl/α,β-unsaturated/α-hetero) is 3. The van der Waals surface area contributed by atoms with E-state index in [1.165, 1.54) is 11.3 Å². The Kier molecular flexibility index (Phi) is 3.75. The van der Waals surface area contributed by atoms with Gasteiger partial charge in [0, 0.05) is 21.6 Å². The van der Waals surface area contributed by atoms with E-state index >= 15 is 0 Å². The van der Waals surface area contributed by atoms with Gasteiger partial charge in [0.25, 0.3) is 0 Å². The summed E-state index contributed by atoms with van der Waals surface area (Å²) in [5.41, 5.74) is 1.18. The van der Waals surface area contributed by atoms with E-state index in [4.69, 9.17) is 0 Å². The number of benzene rings is 2. The number of ketones is 3. The Bertz CT molecular complexity index is 1030. The summed E-state index contributed by atoms with van der Waals surface area (Å²) in [5, 5.41) is 1.82. The standard InChI is InChI=1S/C21H12O3S/c22-19(13-7-2-1-3-8-13)18-17(16-11-6-12-25-16)20(23)14-9-4-5-10-15(14)21(18)24/h1-12H.